The summed E-state index contributed by atoms with van der Waals surface area (Å²) in [4.78, 5) is 0. The molecule has 1 aliphatic carbocycles. The fraction of sp³-hybridized carbons (Fsp3) is 1.00. The minimum absolute atomic E-state index is 0.641. The van der Waals surface area contributed by atoms with Gasteiger partial charge in [0.15, 0.2) is 0 Å². The van der Waals surface area contributed by atoms with Crippen LogP contribution < -0.4 is 5.32 Å². The molecule has 3 atom stereocenters. The molecule has 3 unspecified atom stereocenters. The van der Waals surface area contributed by atoms with Crippen LogP contribution >= 0.6 is 0 Å². The van der Waals surface area contributed by atoms with E-state index in [4.69, 9.17) is 0 Å². The van der Waals surface area contributed by atoms with Crippen LogP contribution in [0.2, 0.25) is 0 Å². The molecule has 78 valence electrons. The second-order valence-electron chi connectivity index (χ2n) is 3.94. The summed E-state index contributed by atoms with van der Waals surface area (Å²) in [5, 5.41) is 3.52. The summed E-state index contributed by atoms with van der Waals surface area (Å²) < 4.78 is 10.8. The van der Waals surface area contributed by atoms with Gasteiger partial charge in [0, 0.05) is 35.4 Å². The van der Waals surface area contributed by atoms with E-state index in [0.29, 0.717) is 6.04 Å². The van der Waals surface area contributed by atoms with Gasteiger partial charge in [0.2, 0.25) is 0 Å². The third-order valence-corrected chi connectivity index (χ3v) is 3.76. The first-order valence-electron chi connectivity index (χ1n) is 5.27. The molecule has 1 saturated carbocycles. The van der Waals surface area contributed by atoms with Crippen molar-refractivity contribution in [2.75, 3.05) is 18.6 Å². The second-order valence-corrected chi connectivity index (χ2v) is 5.49. The molecule has 13 heavy (non-hydrogen) atoms. The summed E-state index contributed by atoms with van der Waals surface area (Å²) in [6, 6.07) is 0.702. The highest BCUT2D eigenvalue weighted by atomic mass is 32.2. The Morgan fingerprint density at radius 1 is 1.46 bits per heavy atom. The summed E-state index contributed by atoms with van der Waals surface area (Å²) in [5.41, 5.74) is 0. The van der Waals surface area contributed by atoms with Crippen LogP contribution in [0.5, 0.6) is 0 Å². The maximum atomic E-state index is 10.8. The van der Waals surface area contributed by atoms with E-state index < -0.39 is 10.8 Å². The SMILES string of the molecule is CCC1CCCC1NCCS(C)=O. The normalized spacial score (nSPS) is 30.6. The fourth-order valence-electron chi connectivity index (χ4n) is 2.18. The molecule has 0 aromatic heterocycles. The lowest BCUT2D eigenvalue weighted by molar-refractivity contribution is 0.399. The van der Waals surface area contributed by atoms with E-state index in [1.165, 1.54) is 25.7 Å². The maximum Gasteiger partial charge on any atom is 0.0357 e. The van der Waals surface area contributed by atoms with Crippen molar-refractivity contribution in [3.8, 4) is 0 Å². The lowest BCUT2D eigenvalue weighted by atomic mass is 10.0. The Morgan fingerprint density at radius 2 is 2.23 bits per heavy atom. The van der Waals surface area contributed by atoms with Crippen LogP contribution in [-0.4, -0.2) is 28.8 Å². The zero-order valence-corrected chi connectivity index (χ0v) is 9.53. The van der Waals surface area contributed by atoms with Crippen LogP contribution in [0.15, 0.2) is 0 Å². The molecule has 0 radical (unpaired) electrons. The Bertz CT molecular complexity index is 172. The predicted octanol–water partition coefficient (Wildman–Crippen LogP) is 1.53. The first kappa shape index (κ1) is 11.2. The van der Waals surface area contributed by atoms with Crippen molar-refractivity contribution >= 4 is 10.8 Å². The van der Waals surface area contributed by atoms with Gasteiger partial charge in [0.25, 0.3) is 0 Å². The van der Waals surface area contributed by atoms with Crippen molar-refractivity contribution in [3.05, 3.63) is 0 Å². The van der Waals surface area contributed by atoms with E-state index in [9.17, 15) is 4.21 Å². The summed E-state index contributed by atoms with van der Waals surface area (Å²) in [6.45, 7) is 3.19. The van der Waals surface area contributed by atoms with E-state index in [-0.39, 0.29) is 0 Å². The highest BCUT2D eigenvalue weighted by molar-refractivity contribution is 7.84. The van der Waals surface area contributed by atoms with Crippen molar-refractivity contribution in [1.29, 1.82) is 0 Å². The molecular weight excluding hydrogens is 182 g/mol. The zero-order chi connectivity index (χ0) is 9.68. The van der Waals surface area contributed by atoms with Crippen LogP contribution in [0.25, 0.3) is 0 Å². The average molecular weight is 203 g/mol. The van der Waals surface area contributed by atoms with Gasteiger partial charge < -0.3 is 5.32 Å². The lowest BCUT2D eigenvalue weighted by Gasteiger charge is -2.19. The van der Waals surface area contributed by atoms with Crippen LogP contribution in [-0.2, 0) is 10.8 Å². The van der Waals surface area contributed by atoms with Gasteiger partial charge in [-0.15, -0.1) is 0 Å². The van der Waals surface area contributed by atoms with Gasteiger partial charge in [-0.05, 0) is 18.8 Å². The number of rotatable bonds is 5. The van der Waals surface area contributed by atoms with Crippen molar-refractivity contribution < 1.29 is 4.21 Å². The van der Waals surface area contributed by atoms with Crippen molar-refractivity contribution in [3.63, 3.8) is 0 Å². The molecule has 3 heteroatoms. The standard InChI is InChI=1S/C10H21NOS/c1-3-9-5-4-6-10(9)11-7-8-13(2)12/h9-11H,3-8H2,1-2H3. The molecular formula is C10H21NOS. The van der Waals surface area contributed by atoms with Gasteiger partial charge >= 0.3 is 0 Å². The van der Waals surface area contributed by atoms with E-state index >= 15 is 0 Å². The number of hydrogen-bond donors (Lipinski definition) is 1. The van der Waals surface area contributed by atoms with Crippen LogP contribution in [0.4, 0.5) is 0 Å². The van der Waals surface area contributed by atoms with E-state index in [1.807, 2.05) is 0 Å². The molecule has 0 heterocycles. The molecule has 0 spiro atoms. The Kier molecular flexibility index (Phi) is 4.96. The summed E-state index contributed by atoms with van der Waals surface area (Å²) >= 11 is 0. The molecule has 0 aromatic rings. The van der Waals surface area contributed by atoms with Crippen LogP contribution in [0.3, 0.4) is 0 Å². The lowest BCUT2D eigenvalue weighted by Crippen LogP contribution is -2.34. The molecule has 1 aliphatic rings. The predicted molar refractivity (Wildman–Crippen MR) is 58.4 cm³/mol. The van der Waals surface area contributed by atoms with Crippen molar-refractivity contribution in [2.45, 2.75) is 38.6 Å². The minimum atomic E-state index is -0.641. The summed E-state index contributed by atoms with van der Waals surface area (Å²) in [7, 11) is -0.641. The van der Waals surface area contributed by atoms with Crippen molar-refractivity contribution in [1.82, 2.24) is 5.32 Å². The molecule has 0 amide bonds. The third-order valence-electron chi connectivity index (χ3n) is 2.98. The van der Waals surface area contributed by atoms with E-state index in [1.54, 1.807) is 6.26 Å². The average Bonchev–Trinajstić information content (AvgIpc) is 2.51. The Morgan fingerprint density at radius 3 is 2.85 bits per heavy atom. The highest BCUT2D eigenvalue weighted by Crippen LogP contribution is 2.27. The van der Waals surface area contributed by atoms with E-state index in [2.05, 4.69) is 12.2 Å². The van der Waals surface area contributed by atoms with Gasteiger partial charge in [-0.2, -0.15) is 0 Å². The first-order valence-corrected chi connectivity index (χ1v) is 7.00. The molecule has 1 rings (SSSR count). The van der Waals surface area contributed by atoms with Crippen LogP contribution in [0, 0.1) is 5.92 Å². The molecule has 0 bridgehead atoms. The highest BCUT2D eigenvalue weighted by Gasteiger charge is 2.24. The van der Waals surface area contributed by atoms with E-state index in [0.717, 1.165) is 18.2 Å². The van der Waals surface area contributed by atoms with Gasteiger partial charge in [-0.1, -0.05) is 19.8 Å². The smallest absolute Gasteiger partial charge is 0.0357 e. The largest absolute Gasteiger partial charge is 0.313 e. The zero-order valence-electron chi connectivity index (χ0n) is 8.71. The monoisotopic (exact) mass is 203 g/mol. The van der Waals surface area contributed by atoms with Gasteiger partial charge in [0.1, 0.15) is 0 Å². The molecule has 0 saturated heterocycles. The molecule has 1 fully saturated rings. The quantitative estimate of drug-likeness (QED) is 0.734. The summed E-state index contributed by atoms with van der Waals surface area (Å²) in [6.07, 6.45) is 7.12. The van der Waals surface area contributed by atoms with Gasteiger partial charge in [-0.3, -0.25) is 4.21 Å². The van der Waals surface area contributed by atoms with Gasteiger partial charge in [-0.25, -0.2) is 0 Å². The third kappa shape index (κ3) is 3.77. The second kappa shape index (κ2) is 5.76. The Balaban J connectivity index is 2.16. The van der Waals surface area contributed by atoms with Crippen molar-refractivity contribution in [2.24, 2.45) is 5.92 Å². The minimum Gasteiger partial charge on any atom is -0.313 e. The van der Waals surface area contributed by atoms with Gasteiger partial charge in [0.05, 0.1) is 0 Å². The molecule has 1 N–H and O–H groups in total. The Labute approximate surface area is 83.9 Å². The fourth-order valence-corrected chi connectivity index (χ4v) is 2.59. The molecule has 0 aromatic carbocycles. The topological polar surface area (TPSA) is 29.1 Å². The Hall–Kier alpha value is 0.110. The first-order chi connectivity index (χ1) is 6.24. The van der Waals surface area contributed by atoms with Crippen LogP contribution in [0.1, 0.15) is 32.6 Å². The molecule has 0 aliphatic heterocycles. The number of nitrogens with one attached hydrogen (secondary N) is 1. The molecule has 2 nitrogen and oxygen atoms in total. The number of hydrogen-bond acceptors (Lipinski definition) is 2. The maximum absolute atomic E-state index is 10.8. The summed E-state index contributed by atoms with van der Waals surface area (Å²) in [5.74, 6) is 1.66.